The Morgan fingerprint density at radius 2 is 1.10 bits per heavy atom. The van der Waals surface area contributed by atoms with E-state index in [1.807, 2.05) is 26.0 Å². The van der Waals surface area contributed by atoms with Gasteiger partial charge in [0.15, 0.2) is 0 Å². The molecule has 0 aromatic heterocycles. The van der Waals surface area contributed by atoms with Crippen molar-refractivity contribution >= 4 is 17.7 Å². The fourth-order valence-electron chi connectivity index (χ4n) is 3.64. The van der Waals surface area contributed by atoms with Crippen LogP contribution in [-0.4, -0.2) is 34.4 Å². The molecule has 0 heterocycles. The van der Waals surface area contributed by atoms with Gasteiger partial charge in [-0.15, -0.1) is 0 Å². The fourth-order valence-corrected chi connectivity index (χ4v) is 4.81. The van der Waals surface area contributed by atoms with E-state index in [0.29, 0.717) is 29.9 Å². The Morgan fingerprint density at radius 3 is 1.40 bits per heavy atom. The van der Waals surface area contributed by atoms with E-state index in [9.17, 15) is 13.0 Å². The van der Waals surface area contributed by atoms with E-state index < -0.39 is 17.7 Å². The maximum Gasteiger partial charge on any atom is 0.329 e. The lowest BCUT2D eigenvalue weighted by Gasteiger charge is -2.07. The van der Waals surface area contributed by atoms with E-state index in [1.54, 1.807) is 24.3 Å². The highest BCUT2D eigenvalue weighted by atomic mass is 32.2. The van der Waals surface area contributed by atoms with E-state index in [4.69, 9.17) is 19.4 Å². The second kappa shape index (κ2) is 17.4. The highest BCUT2D eigenvalue weighted by Gasteiger charge is 2.13. The van der Waals surface area contributed by atoms with E-state index in [2.05, 4.69) is 63.9 Å². The van der Waals surface area contributed by atoms with Crippen molar-refractivity contribution in [3.8, 4) is 0 Å². The lowest BCUT2D eigenvalue weighted by atomic mass is 10.0. The van der Waals surface area contributed by atoms with E-state index in [0.717, 1.165) is 12.1 Å². The van der Waals surface area contributed by atoms with Gasteiger partial charge in [-0.1, -0.05) is 109 Å². The van der Waals surface area contributed by atoms with Crippen molar-refractivity contribution in [1.82, 2.24) is 5.32 Å². The second-order valence-corrected chi connectivity index (χ2v) is 14.1. The van der Waals surface area contributed by atoms with Crippen LogP contribution in [0.3, 0.4) is 0 Å². The molecule has 3 aromatic rings. The van der Waals surface area contributed by atoms with Crippen LogP contribution in [0.25, 0.3) is 0 Å². The molecule has 5 N–H and O–H groups in total. The highest BCUT2D eigenvalue weighted by molar-refractivity contribution is 7.85. The summed E-state index contributed by atoms with van der Waals surface area (Å²) in [5.74, 6) is 1.55. The Kier molecular flexibility index (Phi) is 15.4. The zero-order chi connectivity index (χ0) is 32.1. The molecular weight excluding hydrogens is 573 g/mol. The Bertz CT molecular complexity index is 1380. The van der Waals surface area contributed by atoms with Gasteiger partial charge in [-0.3, -0.25) is 9.12 Å². The predicted molar refractivity (Wildman–Crippen MR) is 171 cm³/mol. The zero-order valence-electron chi connectivity index (χ0n) is 25.4. The molecule has 0 radical (unpaired) electrons. The normalized spacial score (nSPS) is 11.5. The molecule has 0 saturated heterocycles. The van der Waals surface area contributed by atoms with Gasteiger partial charge in [0.1, 0.15) is 0 Å². The van der Waals surface area contributed by atoms with E-state index in [1.165, 1.54) is 28.8 Å². The number of nitrogens with one attached hydrogen (secondary N) is 1. The predicted octanol–water partition coefficient (Wildman–Crippen LogP) is 7.52. The standard InChI is InChI=1S/C13H19NO.C10H15O3P.C9H12O3S/c1-10(2)13-6-4-12(5-7-13)9-14-8-11(3)15;1-8(2)10-5-3-9(4-6-10)7-14(11,12)13;1-7(2)8-3-5-9(6-4-8)13(10,11)12/h4-7,10,14-15H,3,8-9H2,1-2H3;3-6,8H,7H2,1-2H3,(H2,11,12,13);3-7H,1-2H3,(H,10,11,12). The topological polar surface area (TPSA) is 144 Å². The summed E-state index contributed by atoms with van der Waals surface area (Å²) in [5, 5.41) is 12.0. The first-order valence-corrected chi connectivity index (χ1v) is 17.0. The van der Waals surface area contributed by atoms with Crippen LogP contribution < -0.4 is 5.32 Å². The molecule has 8 nitrogen and oxygen atoms in total. The van der Waals surface area contributed by atoms with Crippen LogP contribution in [0.4, 0.5) is 0 Å². The van der Waals surface area contributed by atoms with Gasteiger partial charge >= 0.3 is 7.60 Å². The van der Waals surface area contributed by atoms with E-state index >= 15 is 0 Å². The van der Waals surface area contributed by atoms with Crippen LogP contribution in [-0.2, 0) is 27.4 Å². The first kappa shape index (κ1) is 37.2. The van der Waals surface area contributed by atoms with Crippen molar-refractivity contribution in [2.24, 2.45) is 0 Å². The number of aliphatic hydroxyl groups excluding tert-OH is 1. The molecule has 0 aliphatic carbocycles. The maximum absolute atomic E-state index is 10.7. The minimum absolute atomic E-state index is 0.0584. The minimum Gasteiger partial charge on any atom is -0.512 e. The molecule has 0 aliphatic heterocycles. The molecule has 0 fully saturated rings. The second-order valence-electron chi connectivity index (χ2n) is 11.0. The molecule has 0 amide bonds. The fraction of sp³-hybridized carbons (Fsp3) is 0.375. The smallest absolute Gasteiger partial charge is 0.329 e. The van der Waals surface area contributed by atoms with Crippen molar-refractivity contribution in [3.05, 3.63) is 113 Å². The summed E-state index contributed by atoms with van der Waals surface area (Å²) in [5.41, 5.74) is 5.49. The van der Waals surface area contributed by atoms with Gasteiger partial charge < -0.3 is 20.2 Å². The SMILES string of the molecule is C=C(O)CNCc1ccc(C(C)C)cc1.CC(C)c1ccc(CP(=O)(O)O)cc1.CC(C)c1ccc(S(=O)(=O)O)cc1. The molecule has 10 heteroatoms. The third kappa shape index (κ3) is 15.4. The lowest BCUT2D eigenvalue weighted by molar-refractivity contribution is 0.371. The maximum atomic E-state index is 10.7. The Balaban J connectivity index is 0.000000316. The molecule has 42 heavy (non-hydrogen) atoms. The molecule has 0 atom stereocenters. The van der Waals surface area contributed by atoms with Gasteiger partial charge in [0.25, 0.3) is 10.1 Å². The molecule has 0 bridgehead atoms. The average molecular weight is 620 g/mol. The largest absolute Gasteiger partial charge is 0.512 e. The van der Waals surface area contributed by atoms with Crippen LogP contribution in [0.1, 0.15) is 87.1 Å². The van der Waals surface area contributed by atoms with Gasteiger partial charge in [0, 0.05) is 6.54 Å². The summed E-state index contributed by atoms with van der Waals surface area (Å²) in [4.78, 5) is 17.5. The van der Waals surface area contributed by atoms with Crippen molar-refractivity contribution < 1.29 is 32.4 Å². The monoisotopic (exact) mass is 619 g/mol. The van der Waals surface area contributed by atoms with Crippen LogP contribution in [0.2, 0.25) is 0 Å². The molecule has 0 aliphatic rings. The number of hydrogen-bond acceptors (Lipinski definition) is 5. The summed E-state index contributed by atoms with van der Waals surface area (Å²) in [6, 6.07) is 22.1. The lowest BCUT2D eigenvalue weighted by Crippen LogP contribution is -2.15. The molecule has 232 valence electrons. The van der Waals surface area contributed by atoms with Gasteiger partial charge in [0.05, 0.1) is 23.4 Å². The van der Waals surface area contributed by atoms with Crippen molar-refractivity contribution in [2.75, 3.05) is 6.54 Å². The highest BCUT2D eigenvalue weighted by Crippen LogP contribution is 2.39. The Hall–Kier alpha value is -2.78. The average Bonchev–Trinajstić information content (AvgIpc) is 2.88. The molecular formula is C32H46NO7PS. The van der Waals surface area contributed by atoms with Crippen molar-refractivity contribution in [1.29, 1.82) is 0 Å². The van der Waals surface area contributed by atoms with Gasteiger partial charge in [-0.05, 0) is 57.7 Å². The summed E-state index contributed by atoms with van der Waals surface area (Å²) in [7, 11) is -7.97. The number of hydrogen-bond donors (Lipinski definition) is 5. The van der Waals surface area contributed by atoms with Gasteiger partial charge in [-0.2, -0.15) is 8.42 Å². The third-order valence-corrected chi connectivity index (χ3v) is 7.83. The molecule has 3 aromatic carbocycles. The number of aliphatic hydroxyl groups is 1. The Labute approximate surface area is 251 Å². The van der Waals surface area contributed by atoms with Crippen molar-refractivity contribution in [3.63, 3.8) is 0 Å². The Morgan fingerprint density at radius 1 is 0.738 bits per heavy atom. The van der Waals surface area contributed by atoms with Crippen LogP contribution in [0, 0.1) is 0 Å². The molecule has 0 spiro atoms. The van der Waals surface area contributed by atoms with Crippen LogP contribution in [0.15, 0.2) is 90.0 Å². The summed E-state index contributed by atoms with van der Waals surface area (Å²) < 4.78 is 40.7. The van der Waals surface area contributed by atoms with Crippen LogP contribution in [0.5, 0.6) is 0 Å². The third-order valence-electron chi connectivity index (χ3n) is 6.18. The quantitative estimate of drug-likeness (QED) is 0.0891. The number of benzene rings is 3. The zero-order valence-corrected chi connectivity index (χ0v) is 27.1. The van der Waals surface area contributed by atoms with Crippen molar-refractivity contribution in [2.45, 2.75) is 76.9 Å². The summed E-state index contributed by atoms with van der Waals surface area (Å²) in [6.45, 7) is 17.2. The molecule has 0 saturated carbocycles. The minimum atomic E-state index is -4.05. The van der Waals surface area contributed by atoms with Gasteiger partial charge in [-0.25, -0.2) is 0 Å². The van der Waals surface area contributed by atoms with Gasteiger partial charge in [0.2, 0.25) is 0 Å². The van der Waals surface area contributed by atoms with Crippen LogP contribution >= 0.6 is 7.60 Å². The molecule has 3 rings (SSSR count). The first-order chi connectivity index (χ1) is 19.4. The summed E-state index contributed by atoms with van der Waals surface area (Å²) >= 11 is 0. The van der Waals surface area contributed by atoms with E-state index in [-0.39, 0.29) is 16.8 Å². The number of rotatable bonds is 10. The first-order valence-electron chi connectivity index (χ1n) is 13.8. The molecule has 0 unspecified atom stereocenters. The summed E-state index contributed by atoms with van der Waals surface area (Å²) in [6.07, 6.45) is -0.175.